The van der Waals surface area contributed by atoms with E-state index >= 15 is 8.42 Å². The Bertz CT molecular complexity index is 3120. The largest absolute Gasteiger partial charge is 0.489 e. The zero-order valence-corrected chi connectivity index (χ0v) is 42.0. The first kappa shape index (κ1) is 46.8. The normalized spacial score (nSPS) is 26.9. The lowest BCUT2D eigenvalue weighted by molar-refractivity contribution is -0.384. The number of H-pyrrole nitrogens is 1. The van der Waals surface area contributed by atoms with E-state index < -0.39 is 26.4 Å². The van der Waals surface area contributed by atoms with E-state index in [9.17, 15) is 14.9 Å². The highest BCUT2D eigenvalue weighted by atomic mass is 32.2. The number of morpholine rings is 1. The number of nitrogens with one attached hydrogen (secondary N) is 2. The van der Waals surface area contributed by atoms with Gasteiger partial charge in [-0.05, 0) is 98.7 Å². The highest BCUT2D eigenvalue weighted by Crippen LogP contribution is 2.56. The second-order valence-corrected chi connectivity index (χ2v) is 23.7. The minimum atomic E-state index is -4.77. The monoisotopic (exact) mass is 1010 g/mol. The number of aromatic nitrogens is 2. The molecule has 73 heavy (non-hydrogen) atoms. The lowest BCUT2D eigenvalue weighted by atomic mass is 9.59. The van der Waals surface area contributed by atoms with Crippen molar-refractivity contribution in [3.63, 3.8) is 0 Å². The number of nitro groups is 1. The quantitative estimate of drug-likeness (QED) is 0.0888. The molecule has 18 nitrogen and oxygen atoms in total. The standard InChI is InChI=1S/C54H63N9O9S/c1-2-32-6-3-4-7-40(32)42-8-5-16-61(42)37-24-54(25-37)13-17-59(18-14-54)43-10-9-41(51(55)64)49(62-26-34-29-69-19-12-46(34)72-53-45(62)20-33-11-15-56-52(33)58-53)50(43)73(67,68)39-22-44(63(65)66)48-47(23-39)71-30-35(57-48)27-60-28-38-21-36(60)31-70-38/h3-4,6-7,9-11,15,20,22-23,34-38,42,46,57H,2,5,8,12-14,16-19,21,24-31H2,1H3,(H2,55,64)(H,56,58)/t34-,35-,36+,38+,42-,46+/m0/s1. The van der Waals surface area contributed by atoms with E-state index in [1.54, 1.807) is 18.3 Å². The van der Waals surface area contributed by atoms with Crippen molar-refractivity contribution in [2.75, 3.05) is 80.8 Å². The molecule has 2 aromatic heterocycles. The second kappa shape index (κ2) is 18.1. The number of aromatic amines is 1. The van der Waals surface area contributed by atoms with Gasteiger partial charge in [-0.1, -0.05) is 31.2 Å². The van der Waals surface area contributed by atoms with Gasteiger partial charge in [0.2, 0.25) is 15.7 Å². The Balaban J connectivity index is 0.891. The van der Waals surface area contributed by atoms with E-state index in [-0.39, 0.29) is 87.1 Å². The van der Waals surface area contributed by atoms with Gasteiger partial charge >= 0.3 is 0 Å². The molecule has 19 heteroatoms. The third-order valence-electron chi connectivity index (χ3n) is 17.7. The number of hydrogen-bond donors (Lipinski definition) is 3. The third kappa shape index (κ3) is 8.08. The summed E-state index contributed by atoms with van der Waals surface area (Å²) in [5, 5.41) is 17.2. The molecular formula is C54H63N9O9S. The summed E-state index contributed by atoms with van der Waals surface area (Å²) < 4.78 is 57.2. The fourth-order valence-corrected chi connectivity index (χ4v) is 15.6. The molecule has 0 unspecified atom stereocenters. The number of rotatable bonds is 11. The number of pyridine rings is 1. The number of nitrogens with two attached hydrogens (primary N) is 1. The molecule has 1 aliphatic carbocycles. The fourth-order valence-electron chi connectivity index (χ4n) is 13.9. The maximum atomic E-state index is 16.2. The molecule has 384 valence electrons. The van der Waals surface area contributed by atoms with E-state index in [1.165, 1.54) is 23.6 Å². The number of carbonyl (C=O) groups excluding carboxylic acids is 1. The molecule has 6 atom stereocenters. The number of hydrogen-bond acceptors (Lipinski definition) is 15. The molecule has 1 amide bonds. The molecule has 5 aromatic rings. The van der Waals surface area contributed by atoms with Crippen molar-refractivity contribution in [2.24, 2.45) is 17.1 Å². The van der Waals surface area contributed by atoms with Crippen LogP contribution in [0.2, 0.25) is 0 Å². The average Bonchev–Trinajstić information content (AvgIpc) is 4.22. The first-order valence-corrected chi connectivity index (χ1v) is 27.8. The van der Waals surface area contributed by atoms with Crippen molar-refractivity contribution in [1.82, 2.24) is 19.8 Å². The first-order valence-electron chi connectivity index (χ1n) is 26.3. The van der Waals surface area contributed by atoms with Crippen LogP contribution in [-0.4, -0.2) is 135 Å². The van der Waals surface area contributed by atoms with Gasteiger partial charge in [-0.3, -0.25) is 24.7 Å². The van der Waals surface area contributed by atoms with E-state index in [0.717, 1.165) is 69.5 Å². The predicted octanol–water partition coefficient (Wildman–Crippen LogP) is 7.13. The molecule has 6 fully saturated rings. The maximum absolute atomic E-state index is 16.2. The maximum Gasteiger partial charge on any atom is 0.297 e. The number of nitrogens with zero attached hydrogens (tertiary/aromatic N) is 6. The van der Waals surface area contributed by atoms with Gasteiger partial charge in [0.1, 0.15) is 28.9 Å². The number of sulfone groups is 1. The Morgan fingerprint density at radius 2 is 1.84 bits per heavy atom. The van der Waals surface area contributed by atoms with Crippen LogP contribution in [0.15, 0.2) is 76.7 Å². The number of piperidine rings is 1. The van der Waals surface area contributed by atoms with Crippen LogP contribution in [0.4, 0.5) is 28.4 Å². The number of likely N-dealkylation sites (tertiary alicyclic amines) is 2. The number of primary amides is 1. The summed E-state index contributed by atoms with van der Waals surface area (Å²) in [7, 11) is -4.77. The second-order valence-electron chi connectivity index (χ2n) is 21.8. The zero-order valence-electron chi connectivity index (χ0n) is 41.2. The van der Waals surface area contributed by atoms with Crippen LogP contribution in [0.1, 0.15) is 85.8 Å². The van der Waals surface area contributed by atoms with E-state index in [1.807, 2.05) is 17.0 Å². The van der Waals surface area contributed by atoms with Crippen molar-refractivity contribution in [1.29, 1.82) is 0 Å². The number of anilines is 4. The van der Waals surface area contributed by atoms with E-state index in [4.69, 9.17) is 29.7 Å². The van der Waals surface area contributed by atoms with Crippen molar-refractivity contribution in [2.45, 2.75) is 111 Å². The Morgan fingerprint density at radius 3 is 2.62 bits per heavy atom. The summed E-state index contributed by atoms with van der Waals surface area (Å²) >= 11 is 0. The van der Waals surface area contributed by atoms with Crippen molar-refractivity contribution >= 4 is 55.2 Å². The lowest BCUT2D eigenvalue weighted by Gasteiger charge is -2.56. The van der Waals surface area contributed by atoms with Gasteiger partial charge in [-0.25, -0.2) is 8.42 Å². The van der Waals surface area contributed by atoms with Crippen LogP contribution >= 0.6 is 0 Å². The summed E-state index contributed by atoms with van der Waals surface area (Å²) in [5.41, 5.74) is 10.5. The summed E-state index contributed by atoms with van der Waals surface area (Å²) in [6, 6.07) is 19.4. The summed E-state index contributed by atoms with van der Waals surface area (Å²) in [6.07, 6.45) is 10.4. The number of benzene rings is 3. The van der Waals surface area contributed by atoms with Gasteiger partial charge < -0.3 is 44.8 Å². The van der Waals surface area contributed by atoms with Crippen LogP contribution in [0.5, 0.6) is 11.6 Å². The zero-order chi connectivity index (χ0) is 49.8. The van der Waals surface area contributed by atoms with E-state index in [0.29, 0.717) is 75.0 Å². The molecule has 2 bridgehead atoms. The van der Waals surface area contributed by atoms with Crippen LogP contribution in [0.25, 0.3) is 11.0 Å². The molecule has 13 rings (SSSR count). The number of amides is 1. The first-order chi connectivity index (χ1) is 35.4. The minimum absolute atomic E-state index is 0.0213. The van der Waals surface area contributed by atoms with Gasteiger partial charge in [0, 0.05) is 86.9 Å². The molecule has 1 saturated carbocycles. The molecule has 8 aliphatic rings. The SMILES string of the molecule is CCc1ccccc1[C@@H]1CCCN1C1CC2(CCN(c3ccc(C(N)=O)c(N4C[C@H]5COCC[C@H]5Oc5nc6[nH]ccc6cc54)c3S(=O)(=O)c3cc4c(c([N+](=O)[O-])c3)N[C@@H](CN3C[C@H]5C[C@@H]3CO5)CO4)CC2)C1. The Labute approximate surface area is 424 Å². The smallest absolute Gasteiger partial charge is 0.297 e. The molecule has 9 heterocycles. The van der Waals surface area contributed by atoms with Gasteiger partial charge in [0.15, 0.2) is 11.4 Å². The molecule has 4 N–H and O–H groups in total. The van der Waals surface area contributed by atoms with Crippen LogP contribution < -0.4 is 30.3 Å². The van der Waals surface area contributed by atoms with Crippen molar-refractivity contribution in [3.05, 3.63) is 93.7 Å². The average molecular weight is 1010 g/mol. The van der Waals surface area contributed by atoms with E-state index in [2.05, 4.69) is 56.2 Å². The van der Waals surface area contributed by atoms with Gasteiger partial charge in [-0.2, -0.15) is 4.98 Å². The number of aryl methyl sites for hydroxylation is 1. The number of ether oxygens (including phenoxy) is 4. The molecule has 3 aromatic carbocycles. The highest BCUT2D eigenvalue weighted by molar-refractivity contribution is 7.91. The molecular weight excluding hydrogens is 951 g/mol. The molecule has 7 aliphatic heterocycles. The summed E-state index contributed by atoms with van der Waals surface area (Å²) in [5.74, 6) is -0.741. The molecule has 1 spiro atoms. The van der Waals surface area contributed by atoms with Gasteiger partial charge in [-0.15, -0.1) is 0 Å². The van der Waals surface area contributed by atoms with Crippen LogP contribution in [0, 0.1) is 21.4 Å². The van der Waals surface area contributed by atoms with Crippen molar-refractivity contribution in [3.8, 4) is 11.6 Å². The fraction of sp³-hybridized carbons (Fsp3) is 0.519. The lowest BCUT2D eigenvalue weighted by Crippen LogP contribution is -2.55. The topological polar surface area (TPSA) is 211 Å². The Hall–Kier alpha value is -5.99. The Morgan fingerprint density at radius 1 is 0.986 bits per heavy atom. The molecule has 5 saturated heterocycles. The van der Waals surface area contributed by atoms with Crippen LogP contribution in [-0.2, 0) is 25.7 Å². The highest BCUT2D eigenvalue weighted by Gasteiger charge is 2.51. The van der Waals surface area contributed by atoms with Gasteiger partial charge in [0.05, 0.1) is 58.7 Å². The minimum Gasteiger partial charge on any atom is -0.489 e. The number of carbonyl (C=O) groups is 1. The van der Waals surface area contributed by atoms with Crippen molar-refractivity contribution < 1.29 is 37.1 Å². The third-order valence-corrected chi connectivity index (χ3v) is 19.4. The van der Waals surface area contributed by atoms with Gasteiger partial charge in [0.25, 0.3) is 11.6 Å². The van der Waals surface area contributed by atoms with Crippen LogP contribution in [0.3, 0.4) is 0 Å². The predicted molar refractivity (Wildman–Crippen MR) is 274 cm³/mol. The number of nitro benzene ring substituents is 1. The summed E-state index contributed by atoms with van der Waals surface area (Å²) in [6.45, 7) is 7.68. The summed E-state index contributed by atoms with van der Waals surface area (Å²) in [4.78, 5) is 43.1. The number of fused-ring (bicyclic) bond motifs is 6. The molecule has 0 radical (unpaired) electrons. The Kier molecular flexibility index (Phi) is 11.6.